The van der Waals surface area contributed by atoms with Crippen LogP contribution in [-0.2, 0) is 12.0 Å². The van der Waals surface area contributed by atoms with Gasteiger partial charge in [0.1, 0.15) is 18.1 Å². The molecule has 1 N–H and O–H groups in total. The molecule has 0 bridgehead atoms. The molecule has 0 unspecified atom stereocenters. The Morgan fingerprint density at radius 1 is 0.857 bits per heavy atom. The maximum Gasteiger partial charge on any atom is 0.222 e. The van der Waals surface area contributed by atoms with Gasteiger partial charge in [0.15, 0.2) is 0 Å². The van der Waals surface area contributed by atoms with Gasteiger partial charge in [0.2, 0.25) is 5.95 Å². The lowest BCUT2D eigenvalue weighted by molar-refractivity contribution is 0.301. The van der Waals surface area contributed by atoms with Crippen LogP contribution in [0.15, 0.2) is 60.8 Å². The second-order valence-corrected chi connectivity index (χ2v) is 7.02. The summed E-state index contributed by atoms with van der Waals surface area (Å²) in [6, 6.07) is 18.4. The Bertz CT molecular complexity index is 890. The lowest BCUT2D eigenvalue weighted by Gasteiger charge is -2.26. The fraction of sp³-hybridized carbons (Fsp3) is 0.304. The Kier molecular flexibility index (Phi) is 6.14. The van der Waals surface area contributed by atoms with Gasteiger partial charge in [-0.15, -0.1) is 0 Å². The molecular weight excluding hydrogens is 350 g/mol. The van der Waals surface area contributed by atoms with Crippen LogP contribution in [0, 0.1) is 0 Å². The minimum absolute atomic E-state index is 0.113. The molecule has 5 nitrogen and oxygen atoms in total. The normalized spacial score (nSPS) is 11.1. The molecule has 1 aromatic heterocycles. The van der Waals surface area contributed by atoms with Gasteiger partial charge in [-0.1, -0.05) is 38.1 Å². The summed E-state index contributed by atoms with van der Waals surface area (Å²) in [5.74, 6) is 2.31. The second-order valence-electron chi connectivity index (χ2n) is 7.02. The largest absolute Gasteiger partial charge is 0.494 e. The lowest BCUT2D eigenvalue weighted by atomic mass is 9.78. The molecule has 0 atom stereocenters. The van der Waals surface area contributed by atoms with Crippen molar-refractivity contribution < 1.29 is 9.47 Å². The van der Waals surface area contributed by atoms with E-state index in [0.29, 0.717) is 19.2 Å². The predicted octanol–water partition coefficient (Wildman–Crippen LogP) is 4.82. The maximum atomic E-state index is 5.87. The smallest absolute Gasteiger partial charge is 0.222 e. The van der Waals surface area contributed by atoms with Crippen LogP contribution >= 0.6 is 0 Å². The molecule has 5 heteroatoms. The zero-order chi connectivity index (χ0) is 20.0. The highest BCUT2D eigenvalue weighted by Crippen LogP contribution is 2.33. The molecule has 0 aliphatic heterocycles. The summed E-state index contributed by atoms with van der Waals surface area (Å²) in [5.41, 5.74) is 3.18. The van der Waals surface area contributed by atoms with Crippen molar-refractivity contribution in [1.29, 1.82) is 0 Å². The van der Waals surface area contributed by atoms with Gasteiger partial charge in [-0.25, -0.2) is 9.97 Å². The third-order valence-electron chi connectivity index (χ3n) is 4.79. The highest BCUT2D eigenvalue weighted by molar-refractivity contribution is 5.41. The average molecular weight is 377 g/mol. The number of rotatable bonds is 8. The van der Waals surface area contributed by atoms with Crippen LogP contribution < -0.4 is 14.8 Å². The van der Waals surface area contributed by atoms with Gasteiger partial charge in [-0.05, 0) is 48.4 Å². The molecule has 0 aliphatic rings. The summed E-state index contributed by atoms with van der Waals surface area (Å²) in [7, 11) is 1.80. The number of hydrogen-bond donors (Lipinski definition) is 1. The van der Waals surface area contributed by atoms with E-state index in [4.69, 9.17) is 9.47 Å². The standard InChI is InChI=1S/C23H27N3O2/c1-5-27-20-10-6-17(7-11-20)23(2,3)18-8-12-21(13-9-18)28-16-19-14-15-25-22(24-4)26-19/h6-15H,5,16H2,1-4H3,(H,24,25,26). The van der Waals surface area contributed by atoms with Crippen molar-refractivity contribution in [3.05, 3.63) is 77.6 Å². The Labute approximate surface area is 166 Å². The summed E-state index contributed by atoms with van der Waals surface area (Å²) in [4.78, 5) is 8.48. The first-order valence-electron chi connectivity index (χ1n) is 9.49. The number of anilines is 1. The number of ether oxygens (including phenoxy) is 2. The third-order valence-corrected chi connectivity index (χ3v) is 4.79. The molecule has 3 aromatic rings. The minimum Gasteiger partial charge on any atom is -0.494 e. The van der Waals surface area contributed by atoms with Crippen molar-refractivity contribution in [1.82, 2.24) is 9.97 Å². The summed E-state index contributed by atoms with van der Waals surface area (Å²) in [6.45, 7) is 7.51. The molecule has 2 aromatic carbocycles. The van der Waals surface area contributed by atoms with Crippen molar-refractivity contribution in [2.75, 3.05) is 19.0 Å². The molecule has 0 saturated heterocycles. The number of aromatic nitrogens is 2. The van der Waals surface area contributed by atoms with Crippen LogP contribution in [0.1, 0.15) is 37.6 Å². The molecule has 0 spiro atoms. The highest BCUT2D eigenvalue weighted by atomic mass is 16.5. The third kappa shape index (κ3) is 4.60. The number of nitrogens with one attached hydrogen (secondary N) is 1. The topological polar surface area (TPSA) is 56.3 Å². The SMILES string of the molecule is CCOc1ccc(C(C)(C)c2ccc(OCc3ccnc(NC)n3)cc2)cc1. The summed E-state index contributed by atoms with van der Waals surface area (Å²) >= 11 is 0. The molecule has 0 fully saturated rings. The van der Waals surface area contributed by atoms with Crippen molar-refractivity contribution in [2.24, 2.45) is 0 Å². The van der Waals surface area contributed by atoms with Gasteiger partial charge in [0.25, 0.3) is 0 Å². The van der Waals surface area contributed by atoms with E-state index < -0.39 is 0 Å². The first-order chi connectivity index (χ1) is 13.5. The van der Waals surface area contributed by atoms with E-state index in [2.05, 4.69) is 53.4 Å². The van der Waals surface area contributed by atoms with Crippen LogP contribution in [0.25, 0.3) is 0 Å². The monoisotopic (exact) mass is 377 g/mol. The van der Waals surface area contributed by atoms with Gasteiger partial charge in [0, 0.05) is 18.7 Å². The second kappa shape index (κ2) is 8.74. The van der Waals surface area contributed by atoms with E-state index in [9.17, 15) is 0 Å². The number of nitrogens with zero attached hydrogens (tertiary/aromatic N) is 2. The highest BCUT2D eigenvalue weighted by Gasteiger charge is 2.23. The van der Waals surface area contributed by atoms with Crippen molar-refractivity contribution in [2.45, 2.75) is 32.8 Å². The van der Waals surface area contributed by atoms with Gasteiger partial charge in [-0.2, -0.15) is 0 Å². The quantitative estimate of drug-likeness (QED) is 0.610. The minimum atomic E-state index is -0.113. The summed E-state index contributed by atoms with van der Waals surface area (Å²) in [5, 5.41) is 2.93. The Hall–Kier alpha value is -3.08. The molecule has 146 valence electrons. The van der Waals surface area contributed by atoms with E-state index in [-0.39, 0.29) is 5.41 Å². The molecule has 1 heterocycles. The van der Waals surface area contributed by atoms with E-state index in [1.165, 1.54) is 11.1 Å². The van der Waals surface area contributed by atoms with Crippen molar-refractivity contribution in [3.63, 3.8) is 0 Å². The van der Waals surface area contributed by atoms with Crippen molar-refractivity contribution >= 4 is 5.95 Å². The molecule has 0 radical (unpaired) electrons. The van der Waals surface area contributed by atoms with Gasteiger partial charge >= 0.3 is 0 Å². The maximum absolute atomic E-state index is 5.87. The van der Waals surface area contributed by atoms with Crippen LogP contribution in [-0.4, -0.2) is 23.6 Å². The average Bonchev–Trinajstić information content (AvgIpc) is 2.73. The number of benzene rings is 2. The Balaban J connectivity index is 1.68. The van der Waals surface area contributed by atoms with E-state index in [0.717, 1.165) is 17.2 Å². The molecule has 28 heavy (non-hydrogen) atoms. The van der Waals surface area contributed by atoms with Crippen LogP contribution in [0.4, 0.5) is 5.95 Å². The fourth-order valence-corrected chi connectivity index (χ4v) is 3.02. The summed E-state index contributed by atoms with van der Waals surface area (Å²) in [6.07, 6.45) is 1.72. The zero-order valence-corrected chi connectivity index (χ0v) is 16.9. The van der Waals surface area contributed by atoms with E-state index in [1.807, 2.05) is 37.3 Å². The first kappa shape index (κ1) is 19.7. The number of hydrogen-bond acceptors (Lipinski definition) is 5. The molecule has 0 aliphatic carbocycles. The Morgan fingerprint density at radius 2 is 1.43 bits per heavy atom. The van der Waals surface area contributed by atoms with Crippen LogP contribution in [0.3, 0.4) is 0 Å². The summed E-state index contributed by atoms with van der Waals surface area (Å²) < 4.78 is 11.4. The molecule has 0 saturated carbocycles. The van der Waals surface area contributed by atoms with Crippen molar-refractivity contribution in [3.8, 4) is 11.5 Å². The van der Waals surface area contributed by atoms with E-state index in [1.54, 1.807) is 13.2 Å². The molecule has 0 amide bonds. The predicted molar refractivity (Wildman–Crippen MR) is 112 cm³/mol. The lowest BCUT2D eigenvalue weighted by Crippen LogP contribution is -2.18. The van der Waals surface area contributed by atoms with E-state index >= 15 is 0 Å². The van der Waals surface area contributed by atoms with Gasteiger partial charge in [0.05, 0.1) is 12.3 Å². The fourth-order valence-electron chi connectivity index (χ4n) is 3.02. The molecule has 3 rings (SSSR count). The Morgan fingerprint density at radius 3 is 1.96 bits per heavy atom. The van der Waals surface area contributed by atoms with Gasteiger partial charge in [-0.3, -0.25) is 0 Å². The van der Waals surface area contributed by atoms with Crippen LogP contribution in [0.5, 0.6) is 11.5 Å². The first-order valence-corrected chi connectivity index (χ1v) is 9.49. The zero-order valence-electron chi connectivity index (χ0n) is 16.9. The molecular formula is C23H27N3O2. The van der Waals surface area contributed by atoms with Crippen LogP contribution in [0.2, 0.25) is 0 Å². The van der Waals surface area contributed by atoms with Gasteiger partial charge < -0.3 is 14.8 Å².